The fourth-order valence-electron chi connectivity index (χ4n) is 2.26. The summed E-state index contributed by atoms with van der Waals surface area (Å²) in [5.74, 6) is 0.0972. The predicted molar refractivity (Wildman–Crippen MR) is 83.5 cm³/mol. The van der Waals surface area contributed by atoms with E-state index in [1.54, 1.807) is 18.1 Å². The Labute approximate surface area is 127 Å². The molecule has 0 saturated heterocycles. The number of nitrogens with zero attached hydrogens (tertiary/aromatic N) is 2. The zero-order valence-corrected chi connectivity index (χ0v) is 13.7. The molecule has 4 heteroatoms. The zero-order chi connectivity index (χ0) is 16.0. The van der Waals surface area contributed by atoms with Gasteiger partial charge in [-0.25, -0.2) is 0 Å². The Hall–Kier alpha value is -1.71. The van der Waals surface area contributed by atoms with Crippen molar-refractivity contribution in [1.82, 2.24) is 9.88 Å². The average molecular weight is 290 g/mol. The fourth-order valence-corrected chi connectivity index (χ4v) is 2.26. The molecule has 1 atom stereocenters. The van der Waals surface area contributed by atoms with E-state index >= 15 is 0 Å². The van der Waals surface area contributed by atoms with E-state index in [9.17, 15) is 9.59 Å². The van der Waals surface area contributed by atoms with Crippen molar-refractivity contribution in [3.8, 4) is 0 Å². The highest BCUT2D eigenvalue weighted by atomic mass is 16.2. The molecule has 1 amide bonds. The molecular weight excluding hydrogens is 264 g/mol. The Morgan fingerprint density at radius 1 is 1.19 bits per heavy atom. The lowest BCUT2D eigenvalue weighted by Crippen LogP contribution is -2.33. The number of ketones is 1. The topological polar surface area (TPSA) is 50.3 Å². The van der Waals surface area contributed by atoms with Crippen molar-refractivity contribution in [2.45, 2.75) is 40.7 Å². The molecule has 0 radical (unpaired) electrons. The summed E-state index contributed by atoms with van der Waals surface area (Å²) in [6, 6.07) is 5.64. The van der Waals surface area contributed by atoms with Gasteiger partial charge < -0.3 is 4.90 Å². The molecule has 0 N–H and O–H groups in total. The van der Waals surface area contributed by atoms with Crippen molar-refractivity contribution in [1.29, 1.82) is 0 Å². The summed E-state index contributed by atoms with van der Waals surface area (Å²) in [6.45, 7) is 8.24. The van der Waals surface area contributed by atoms with Gasteiger partial charge in [-0.15, -0.1) is 0 Å². The van der Waals surface area contributed by atoms with Gasteiger partial charge in [0.25, 0.3) is 0 Å². The van der Waals surface area contributed by atoms with E-state index in [2.05, 4.69) is 4.98 Å². The highest BCUT2D eigenvalue weighted by molar-refractivity contribution is 5.88. The summed E-state index contributed by atoms with van der Waals surface area (Å²) in [5.41, 5.74) is 0.852. The number of carbonyl (C=O) groups is 2. The number of rotatable bonds is 7. The lowest BCUT2D eigenvalue weighted by Gasteiger charge is -2.24. The maximum Gasteiger partial charge on any atom is 0.223 e. The van der Waals surface area contributed by atoms with Crippen molar-refractivity contribution < 1.29 is 9.59 Å². The van der Waals surface area contributed by atoms with Crippen LogP contribution >= 0.6 is 0 Å². The molecule has 0 fully saturated rings. The first-order valence-electron chi connectivity index (χ1n) is 7.50. The number of hydrogen-bond donors (Lipinski definition) is 0. The second-order valence-electron chi connectivity index (χ2n) is 6.18. The van der Waals surface area contributed by atoms with Crippen LogP contribution in [0.2, 0.25) is 0 Å². The summed E-state index contributed by atoms with van der Waals surface area (Å²) in [5, 5.41) is 0. The third kappa shape index (κ3) is 5.29. The Morgan fingerprint density at radius 2 is 1.86 bits per heavy atom. The van der Waals surface area contributed by atoms with Gasteiger partial charge in [0.05, 0.1) is 12.2 Å². The largest absolute Gasteiger partial charge is 0.340 e. The summed E-state index contributed by atoms with van der Waals surface area (Å²) in [7, 11) is 1.76. The number of aromatic nitrogens is 1. The highest BCUT2D eigenvalue weighted by Crippen LogP contribution is 2.21. The number of pyridine rings is 1. The van der Waals surface area contributed by atoms with Crippen molar-refractivity contribution >= 4 is 11.7 Å². The number of amides is 1. The van der Waals surface area contributed by atoms with Gasteiger partial charge in [0.2, 0.25) is 5.91 Å². The van der Waals surface area contributed by atoms with E-state index in [0.717, 1.165) is 5.69 Å². The molecule has 0 saturated carbocycles. The molecule has 116 valence electrons. The molecule has 0 aliphatic rings. The van der Waals surface area contributed by atoms with Crippen LogP contribution in [-0.2, 0) is 16.1 Å². The monoisotopic (exact) mass is 290 g/mol. The molecule has 21 heavy (non-hydrogen) atoms. The average Bonchev–Trinajstić information content (AvgIpc) is 2.44. The van der Waals surface area contributed by atoms with Crippen LogP contribution < -0.4 is 0 Å². The van der Waals surface area contributed by atoms with E-state index in [-0.39, 0.29) is 35.9 Å². The minimum absolute atomic E-state index is 0.00615. The second-order valence-corrected chi connectivity index (χ2v) is 6.18. The van der Waals surface area contributed by atoms with Crippen LogP contribution in [0.25, 0.3) is 0 Å². The third-order valence-electron chi connectivity index (χ3n) is 3.68. The Kier molecular flexibility index (Phi) is 6.53. The van der Waals surface area contributed by atoms with Crippen LogP contribution in [0.1, 0.15) is 39.8 Å². The lowest BCUT2D eigenvalue weighted by atomic mass is 9.83. The summed E-state index contributed by atoms with van der Waals surface area (Å²) in [4.78, 5) is 30.4. The van der Waals surface area contributed by atoms with Crippen LogP contribution in [0.4, 0.5) is 0 Å². The molecule has 0 spiro atoms. The van der Waals surface area contributed by atoms with Crippen LogP contribution in [-0.4, -0.2) is 28.6 Å². The van der Waals surface area contributed by atoms with Gasteiger partial charge in [-0.2, -0.15) is 0 Å². The lowest BCUT2D eigenvalue weighted by molar-refractivity contribution is -0.137. The van der Waals surface area contributed by atoms with Crippen molar-refractivity contribution in [3.05, 3.63) is 30.1 Å². The molecule has 0 aliphatic carbocycles. The summed E-state index contributed by atoms with van der Waals surface area (Å²) in [6.07, 6.45) is 1.99. The summed E-state index contributed by atoms with van der Waals surface area (Å²) >= 11 is 0. The van der Waals surface area contributed by atoms with Gasteiger partial charge in [0, 0.05) is 31.5 Å². The van der Waals surface area contributed by atoms with Gasteiger partial charge in [-0.3, -0.25) is 14.6 Å². The summed E-state index contributed by atoms with van der Waals surface area (Å²) < 4.78 is 0. The Balaban J connectivity index is 2.67. The number of hydrogen-bond acceptors (Lipinski definition) is 3. The fraction of sp³-hybridized carbons (Fsp3) is 0.588. The molecule has 1 rings (SSSR count). The van der Waals surface area contributed by atoms with Gasteiger partial charge in [-0.05, 0) is 18.1 Å². The molecule has 0 bridgehead atoms. The Bertz CT molecular complexity index is 469. The predicted octanol–water partition coefficient (Wildman–Crippen LogP) is 2.93. The van der Waals surface area contributed by atoms with Gasteiger partial charge in [0.1, 0.15) is 5.78 Å². The van der Waals surface area contributed by atoms with Gasteiger partial charge >= 0.3 is 0 Å². The van der Waals surface area contributed by atoms with Crippen LogP contribution in [0.15, 0.2) is 24.4 Å². The van der Waals surface area contributed by atoms with Crippen LogP contribution in [0.5, 0.6) is 0 Å². The SMILES string of the molecule is CC(C)C(=O)C(CC(=O)N(C)Cc1ccccn1)C(C)C. The second kappa shape index (κ2) is 7.91. The van der Waals surface area contributed by atoms with E-state index in [1.165, 1.54) is 0 Å². The maximum atomic E-state index is 12.3. The minimum Gasteiger partial charge on any atom is -0.340 e. The molecule has 0 aliphatic heterocycles. The van der Waals surface area contributed by atoms with E-state index in [0.29, 0.717) is 6.54 Å². The van der Waals surface area contributed by atoms with Crippen LogP contribution in [0.3, 0.4) is 0 Å². The van der Waals surface area contributed by atoms with Gasteiger partial charge in [-0.1, -0.05) is 33.8 Å². The quantitative estimate of drug-likeness (QED) is 0.776. The van der Waals surface area contributed by atoms with Crippen molar-refractivity contribution in [2.75, 3.05) is 7.05 Å². The maximum absolute atomic E-state index is 12.3. The first-order valence-corrected chi connectivity index (χ1v) is 7.50. The third-order valence-corrected chi connectivity index (χ3v) is 3.68. The van der Waals surface area contributed by atoms with E-state index in [4.69, 9.17) is 0 Å². The number of carbonyl (C=O) groups excluding carboxylic acids is 2. The first-order chi connectivity index (χ1) is 9.82. The minimum atomic E-state index is -0.205. The standard InChI is InChI=1S/C17H26N2O2/c1-12(2)15(17(21)13(3)4)10-16(20)19(5)11-14-8-6-7-9-18-14/h6-9,12-13,15H,10-11H2,1-5H3. The Morgan fingerprint density at radius 3 is 2.33 bits per heavy atom. The molecule has 4 nitrogen and oxygen atoms in total. The van der Waals surface area contributed by atoms with Crippen LogP contribution in [0, 0.1) is 17.8 Å². The van der Waals surface area contributed by atoms with E-state index < -0.39 is 0 Å². The van der Waals surface area contributed by atoms with E-state index in [1.807, 2.05) is 45.9 Å². The number of Topliss-reactive ketones (excluding diaryl/α,β-unsaturated/α-hetero) is 1. The zero-order valence-electron chi connectivity index (χ0n) is 13.7. The molecule has 1 aromatic heterocycles. The molecule has 1 heterocycles. The normalized spacial score (nSPS) is 12.5. The van der Waals surface area contributed by atoms with Crippen molar-refractivity contribution in [2.24, 2.45) is 17.8 Å². The van der Waals surface area contributed by atoms with Crippen molar-refractivity contribution in [3.63, 3.8) is 0 Å². The molecule has 1 unspecified atom stereocenters. The molecular formula is C17H26N2O2. The first kappa shape index (κ1) is 17.3. The molecule has 0 aromatic carbocycles. The highest BCUT2D eigenvalue weighted by Gasteiger charge is 2.28. The molecule has 1 aromatic rings. The van der Waals surface area contributed by atoms with Gasteiger partial charge in [0.15, 0.2) is 0 Å². The smallest absolute Gasteiger partial charge is 0.223 e.